The summed E-state index contributed by atoms with van der Waals surface area (Å²) in [5.41, 5.74) is 1.59. The summed E-state index contributed by atoms with van der Waals surface area (Å²) >= 11 is 0. The van der Waals surface area contributed by atoms with Crippen molar-refractivity contribution < 1.29 is 24.0 Å². The van der Waals surface area contributed by atoms with Gasteiger partial charge in [0.2, 0.25) is 0 Å². The third kappa shape index (κ3) is 4.76. The number of hydrogen-bond acceptors (Lipinski definition) is 8. The molecular weight excluding hydrogens is 390 g/mol. The van der Waals surface area contributed by atoms with E-state index >= 15 is 0 Å². The van der Waals surface area contributed by atoms with Crippen LogP contribution >= 0.6 is 0 Å². The number of non-ortho nitro benzene ring substituents is 1. The molecule has 0 spiro atoms. The molecule has 0 saturated heterocycles. The standard InChI is InChI=1S/C21H17N3O6/c1-28-18-11-16(12-19(13-18)29-2)21(25)30-23-20(15-7-9-22-10-8-15)14-3-5-17(6-4-14)24(26)27/h3-13H,1-2H3/b23-20+. The van der Waals surface area contributed by atoms with Gasteiger partial charge in [-0.1, -0.05) is 5.16 Å². The molecule has 0 saturated carbocycles. The Morgan fingerprint density at radius 3 is 2.00 bits per heavy atom. The van der Waals surface area contributed by atoms with Crippen LogP contribution in [-0.4, -0.2) is 35.8 Å². The van der Waals surface area contributed by atoms with E-state index in [-0.39, 0.29) is 11.3 Å². The van der Waals surface area contributed by atoms with E-state index in [9.17, 15) is 14.9 Å². The summed E-state index contributed by atoms with van der Waals surface area (Å²) in [6.45, 7) is 0. The number of methoxy groups -OCH3 is 2. The monoisotopic (exact) mass is 407 g/mol. The lowest BCUT2D eigenvalue weighted by Crippen LogP contribution is -2.08. The van der Waals surface area contributed by atoms with E-state index in [1.807, 2.05) is 0 Å². The number of aromatic nitrogens is 1. The van der Waals surface area contributed by atoms with Gasteiger partial charge in [-0.25, -0.2) is 4.79 Å². The normalized spacial score (nSPS) is 10.9. The third-order valence-electron chi connectivity index (χ3n) is 4.11. The Labute approximate surface area is 171 Å². The van der Waals surface area contributed by atoms with Gasteiger partial charge in [0, 0.05) is 41.7 Å². The van der Waals surface area contributed by atoms with Crippen molar-refractivity contribution in [2.75, 3.05) is 14.2 Å². The van der Waals surface area contributed by atoms with Gasteiger partial charge in [-0.3, -0.25) is 15.1 Å². The number of nitro groups is 1. The molecule has 1 aromatic heterocycles. The van der Waals surface area contributed by atoms with Crippen molar-refractivity contribution in [3.8, 4) is 11.5 Å². The molecule has 0 aliphatic heterocycles. The summed E-state index contributed by atoms with van der Waals surface area (Å²) in [7, 11) is 2.94. The van der Waals surface area contributed by atoms with Crippen molar-refractivity contribution in [1.29, 1.82) is 0 Å². The van der Waals surface area contributed by atoms with Crippen molar-refractivity contribution in [3.05, 3.63) is 93.8 Å². The predicted octanol–water partition coefficient (Wildman–Crippen LogP) is 3.62. The molecule has 0 N–H and O–H groups in total. The zero-order chi connectivity index (χ0) is 21.5. The fraction of sp³-hybridized carbons (Fsp3) is 0.0952. The smallest absolute Gasteiger partial charge is 0.366 e. The molecule has 0 fully saturated rings. The molecule has 2 aromatic carbocycles. The summed E-state index contributed by atoms with van der Waals surface area (Å²) in [4.78, 5) is 32.1. The first-order chi connectivity index (χ1) is 14.5. The Hall–Kier alpha value is -4.27. The minimum Gasteiger partial charge on any atom is -0.497 e. The van der Waals surface area contributed by atoms with Crippen LogP contribution in [-0.2, 0) is 4.84 Å². The lowest BCUT2D eigenvalue weighted by atomic mass is 10.0. The number of nitro benzene ring substituents is 1. The Balaban J connectivity index is 1.94. The molecule has 3 rings (SSSR count). The Bertz CT molecular complexity index is 1060. The van der Waals surface area contributed by atoms with Crippen LogP contribution in [0.4, 0.5) is 5.69 Å². The maximum atomic E-state index is 12.5. The van der Waals surface area contributed by atoms with E-state index < -0.39 is 10.9 Å². The highest BCUT2D eigenvalue weighted by molar-refractivity contribution is 6.13. The minimum absolute atomic E-state index is 0.0618. The van der Waals surface area contributed by atoms with Crippen molar-refractivity contribution in [2.45, 2.75) is 0 Å². The molecule has 0 amide bonds. The summed E-state index contributed by atoms with van der Waals surface area (Å²) in [5, 5.41) is 14.9. The highest BCUT2D eigenvalue weighted by Gasteiger charge is 2.15. The zero-order valence-corrected chi connectivity index (χ0v) is 16.1. The number of carbonyl (C=O) groups excluding carboxylic acids is 1. The van der Waals surface area contributed by atoms with Crippen molar-refractivity contribution in [2.24, 2.45) is 5.16 Å². The van der Waals surface area contributed by atoms with E-state index in [1.165, 1.54) is 50.6 Å². The van der Waals surface area contributed by atoms with Crippen LogP contribution in [0.5, 0.6) is 11.5 Å². The topological polar surface area (TPSA) is 113 Å². The van der Waals surface area contributed by atoms with Gasteiger partial charge in [0.15, 0.2) is 0 Å². The molecule has 0 radical (unpaired) electrons. The molecule has 0 bridgehead atoms. The molecule has 152 valence electrons. The molecule has 3 aromatic rings. The number of benzene rings is 2. The maximum Gasteiger partial charge on any atom is 0.366 e. The summed E-state index contributed by atoms with van der Waals surface area (Å²) in [5.74, 6) is 0.130. The summed E-state index contributed by atoms with van der Waals surface area (Å²) < 4.78 is 10.3. The van der Waals surface area contributed by atoms with Crippen LogP contribution < -0.4 is 9.47 Å². The average molecular weight is 407 g/mol. The number of nitrogens with zero attached hydrogens (tertiary/aromatic N) is 3. The van der Waals surface area contributed by atoms with Crippen LogP contribution in [0, 0.1) is 10.1 Å². The molecule has 0 unspecified atom stereocenters. The molecule has 0 atom stereocenters. The van der Waals surface area contributed by atoms with Gasteiger partial charge >= 0.3 is 5.97 Å². The lowest BCUT2D eigenvalue weighted by molar-refractivity contribution is -0.384. The number of oxime groups is 1. The summed E-state index contributed by atoms with van der Waals surface area (Å²) in [6.07, 6.45) is 3.12. The van der Waals surface area contributed by atoms with Crippen molar-refractivity contribution >= 4 is 17.4 Å². The van der Waals surface area contributed by atoms with Gasteiger partial charge in [0.1, 0.15) is 17.2 Å². The average Bonchev–Trinajstić information content (AvgIpc) is 2.79. The highest BCUT2D eigenvalue weighted by atomic mass is 16.7. The second kappa shape index (κ2) is 9.28. The second-order valence-corrected chi connectivity index (χ2v) is 5.96. The number of ether oxygens (including phenoxy) is 2. The first-order valence-corrected chi connectivity index (χ1v) is 8.69. The lowest BCUT2D eigenvalue weighted by Gasteiger charge is -2.08. The Morgan fingerprint density at radius 2 is 1.47 bits per heavy atom. The number of carbonyl (C=O) groups is 1. The molecular formula is C21H17N3O6. The van der Waals surface area contributed by atoms with Gasteiger partial charge < -0.3 is 14.3 Å². The molecule has 1 heterocycles. The van der Waals surface area contributed by atoms with Crippen molar-refractivity contribution in [3.63, 3.8) is 0 Å². The van der Waals surface area contributed by atoms with E-state index in [0.29, 0.717) is 28.3 Å². The van der Waals surface area contributed by atoms with Gasteiger partial charge in [-0.2, -0.15) is 0 Å². The van der Waals surface area contributed by atoms with E-state index in [1.54, 1.807) is 30.6 Å². The third-order valence-corrected chi connectivity index (χ3v) is 4.11. The molecule has 0 aliphatic carbocycles. The predicted molar refractivity (Wildman–Crippen MR) is 108 cm³/mol. The van der Waals surface area contributed by atoms with E-state index in [0.717, 1.165) is 0 Å². The zero-order valence-electron chi connectivity index (χ0n) is 16.1. The molecule has 9 heteroatoms. The van der Waals surface area contributed by atoms with Crippen LogP contribution in [0.3, 0.4) is 0 Å². The second-order valence-electron chi connectivity index (χ2n) is 5.96. The summed E-state index contributed by atoms with van der Waals surface area (Å²) in [6, 6.07) is 13.7. The fourth-order valence-electron chi connectivity index (χ4n) is 2.59. The highest BCUT2D eigenvalue weighted by Crippen LogP contribution is 2.23. The number of pyridine rings is 1. The van der Waals surface area contributed by atoms with Gasteiger partial charge in [-0.15, -0.1) is 0 Å². The van der Waals surface area contributed by atoms with E-state index in [4.69, 9.17) is 14.3 Å². The fourth-order valence-corrected chi connectivity index (χ4v) is 2.59. The van der Waals surface area contributed by atoms with Crippen LogP contribution in [0.25, 0.3) is 0 Å². The SMILES string of the molecule is COc1cc(OC)cc(C(=O)O/N=C(/c2ccncc2)c2ccc([N+](=O)[O-])cc2)c1. The Morgan fingerprint density at radius 1 is 0.900 bits per heavy atom. The first-order valence-electron chi connectivity index (χ1n) is 8.69. The van der Waals surface area contributed by atoms with Gasteiger partial charge in [-0.05, 0) is 36.4 Å². The minimum atomic E-state index is -0.722. The van der Waals surface area contributed by atoms with Gasteiger partial charge in [0.05, 0.1) is 24.7 Å². The quantitative estimate of drug-likeness (QED) is 0.254. The van der Waals surface area contributed by atoms with Crippen LogP contribution in [0.15, 0.2) is 72.1 Å². The van der Waals surface area contributed by atoms with Gasteiger partial charge in [0.25, 0.3) is 5.69 Å². The van der Waals surface area contributed by atoms with E-state index in [2.05, 4.69) is 10.1 Å². The Kier molecular flexibility index (Phi) is 6.33. The molecule has 30 heavy (non-hydrogen) atoms. The first kappa shape index (κ1) is 20.5. The van der Waals surface area contributed by atoms with Crippen LogP contribution in [0.1, 0.15) is 21.5 Å². The maximum absolute atomic E-state index is 12.5. The van der Waals surface area contributed by atoms with Crippen molar-refractivity contribution in [1.82, 2.24) is 4.98 Å². The van der Waals surface area contributed by atoms with Crippen LogP contribution in [0.2, 0.25) is 0 Å². The number of hydrogen-bond donors (Lipinski definition) is 0. The number of rotatable bonds is 7. The molecule has 9 nitrogen and oxygen atoms in total. The molecule has 0 aliphatic rings. The largest absolute Gasteiger partial charge is 0.497 e.